The Kier molecular flexibility index (Phi) is 5.74. The Bertz CT molecular complexity index is 876. The molecular weight excluding hydrogens is 348 g/mol. The summed E-state index contributed by atoms with van der Waals surface area (Å²) in [7, 11) is -3.45. The highest BCUT2D eigenvalue weighted by Gasteiger charge is 2.26. The molecule has 0 bridgehead atoms. The van der Waals surface area contributed by atoms with Gasteiger partial charge in [0.25, 0.3) is 0 Å². The highest BCUT2D eigenvalue weighted by atomic mass is 32.2. The molecule has 26 heavy (non-hydrogen) atoms. The number of fused-ring (bicyclic) bond motifs is 1. The van der Waals surface area contributed by atoms with Gasteiger partial charge in [0.15, 0.2) is 0 Å². The average Bonchev–Trinajstić information content (AvgIpc) is 2.67. The first kappa shape index (κ1) is 18.6. The maximum absolute atomic E-state index is 12.6. The molecule has 138 valence electrons. The summed E-state index contributed by atoms with van der Waals surface area (Å²) in [5.41, 5.74) is 4.13. The molecule has 0 fully saturated rings. The second-order valence-electron chi connectivity index (χ2n) is 6.52. The normalized spacial score (nSPS) is 14.7. The Balaban J connectivity index is 1.55. The summed E-state index contributed by atoms with van der Waals surface area (Å²) in [5, 5.41) is 2.76. The van der Waals surface area contributed by atoms with Crippen molar-refractivity contribution in [3.05, 3.63) is 65.2 Å². The number of carbonyl (C=O) groups excluding carboxylic acids is 1. The number of carbonyl (C=O) groups is 1. The molecule has 6 heteroatoms. The van der Waals surface area contributed by atoms with E-state index in [9.17, 15) is 13.2 Å². The molecule has 1 N–H and O–H groups in total. The zero-order chi connectivity index (χ0) is 18.6. The summed E-state index contributed by atoms with van der Waals surface area (Å²) < 4.78 is 26.6. The number of anilines is 1. The topological polar surface area (TPSA) is 66.5 Å². The van der Waals surface area contributed by atoms with E-state index >= 15 is 0 Å². The number of hydrogen-bond donors (Lipinski definition) is 1. The fraction of sp³-hybridized carbons (Fsp3) is 0.350. The van der Waals surface area contributed by atoms with Gasteiger partial charge in [-0.2, -0.15) is 4.31 Å². The first-order valence-corrected chi connectivity index (χ1v) is 10.5. The molecule has 1 aliphatic rings. The Morgan fingerprint density at radius 3 is 2.46 bits per heavy atom. The van der Waals surface area contributed by atoms with Gasteiger partial charge in [0, 0.05) is 25.2 Å². The summed E-state index contributed by atoms with van der Waals surface area (Å²) in [6.45, 7) is 2.93. The molecule has 5 nitrogen and oxygen atoms in total. The van der Waals surface area contributed by atoms with Crippen molar-refractivity contribution in [1.29, 1.82) is 0 Å². The largest absolute Gasteiger partial charge is 0.326 e. The van der Waals surface area contributed by atoms with Crippen LogP contribution in [0.25, 0.3) is 0 Å². The fourth-order valence-corrected chi connectivity index (χ4v) is 4.51. The second kappa shape index (κ2) is 8.01. The first-order chi connectivity index (χ1) is 12.5. The summed E-state index contributed by atoms with van der Waals surface area (Å²) in [5.74, 6) is -0.455. The average molecular weight is 372 g/mol. The van der Waals surface area contributed by atoms with Crippen molar-refractivity contribution in [2.24, 2.45) is 0 Å². The maximum Gasteiger partial charge on any atom is 0.225 e. The quantitative estimate of drug-likeness (QED) is 0.848. The van der Waals surface area contributed by atoms with E-state index in [1.165, 1.54) is 15.4 Å². The predicted octanol–water partition coefficient (Wildman–Crippen LogP) is 2.97. The molecule has 1 amide bonds. The molecule has 2 aromatic carbocycles. The van der Waals surface area contributed by atoms with Crippen LogP contribution >= 0.6 is 0 Å². The lowest BCUT2D eigenvalue weighted by Crippen LogP contribution is -2.38. The van der Waals surface area contributed by atoms with Crippen molar-refractivity contribution in [2.45, 2.75) is 32.7 Å². The van der Waals surface area contributed by atoms with Gasteiger partial charge in [-0.3, -0.25) is 4.79 Å². The number of hydrogen-bond acceptors (Lipinski definition) is 3. The van der Waals surface area contributed by atoms with E-state index in [0.29, 0.717) is 25.2 Å². The minimum atomic E-state index is -3.45. The summed E-state index contributed by atoms with van der Waals surface area (Å²) in [6.07, 6.45) is 1.60. The Labute approximate surface area is 155 Å². The standard InChI is InChI=1S/C20H24N2O3S/c1-2-16-7-9-19(10-8-16)21-20(23)12-14-26(24,25)22-13-11-17-5-3-4-6-18(17)15-22/h3-10H,2,11-15H2,1H3,(H,21,23). The van der Waals surface area contributed by atoms with E-state index in [1.54, 1.807) is 0 Å². The van der Waals surface area contributed by atoms with Gasteiger partial charge in [-0.1, -0.05) is 43.3 Å². The molecule has 0 saturated carbocycles. The number of nitrogens with zero attached hydrogens (tertiary/aromatic N) is 1. The second-order valence-corrected chi connectivity index (χ2v) is 8.61. The summed E-state index contributed by atoms with van der Waals surface area (Å²) in [6, 6.07) is 15.5. The molecule has 1 heterocycles. The van der Waals surface area contributed by atoms with Crippen LogP contribution in [0, 0.1) is 0 Å². The third kappa shape index (κ3) is 4.51. The number of amides is 1. The molecule has 0 aromatic heterocycles. The zero-order valence-corrected chi connectivity index (χ0v) is 15.8. The Morgan fingerprint density at radius 1 is 1.08 bits per heavy atom. The van der Waals surface area contributed by atoms with Crippen molar-refractivity contribution in [2.75, 3.05) is 17.6 Å². The van der Waals surface area contributed by atoms with Crippen molar-refractivity contribution < 1.29 is 13.2 Å². The van der Waals surface area contributed by atoms with Crippen molar-refractivity contribution in [3.8, 4) is 0 Å². The van der Waals surface area contributed by atoms with Crippen LogP contribution in [0.2, 0.25) is 0 Å². The molecule has 1 aliphatic heterocycles. The number of rotatable bonds is 6. The van der Waals surface area contributed by atoms with Gasteiger partial charge < -0.3 is 5.32 Å². The van der Waals surface area contributed by atoms with Gasteiger partial charge in [-0.25, -0.2) is 8.42 Å². The molecular formula is C20H24N2O3S. The summed E-state index contributed by atoms with van der Waals surface area (Å²) >= 11 is 0. The lowest BCUT2D eigenvalue weighted by atomic mass is 10.0. The molecule has 0 atom stereocenters. The van der Waals surface area contributed by atoms with Crippen LogP contribution in [0.15, 0.2) is 48.5 Å². The van der Waals surface area contributed by atoms with Crippen LogP contribution in [-0.2, 0) is 34.2 Å². The van der Waals surface area contributed by atoms with Crippen LogP contribution in [0.3, 0.4) is 0 Å². The lowest BCUT2D eigenvalue weighted by molar-refractivity contribution is -0.115. The number of nitrogens with one attached hydrogen (secondary N) is 1. The minimum Gasteiger partial charge on any atom is -0.326 e. The number of benzene rings is 2. The third-order valence-electron chi connectivity index (χ3n) is 4.72. The van der Waals surface area contributed by atoms with Gasteiger partial charge in [-0.15, -0.1) is 0 Å². The molecule has 0 saturated heterocycles. The zero-order valence-electron chi connectivity index (χ0n) is 14.9. The Morgan fingerprint density at radius 2 is 1.77 bits per heavy atom. The highest BCUT2D eigenvalue weighted by molar-refractivity contribution is 7.89. The predicted molar refractivity (Wildman–Crippen MR) is 103 cm³/mol. The van der Waals surface area contributed by atoms with Crippen LogP contribution in [-0.4, -0.2) is 30.9 Å². The van der Waals surface area contributed by atoms with E-state index in [1.807, 2.05) is 48.5 Å². The van der Waals surface area contributed by atoms with E-state index in [-0.39, 0.29) is 18.1 Å². The SMILES string of the molecule is CCc1ccc(NC(=O)CCS(=O)(=O)N2CCc3ccccc3C2)cc1. The van der Waals surface area contributed by atoms with Crippen molar-refractivity contribution in [1.82, 2.24) is 4.31 Å². The molecule has 0 unspecified atom stereocenters. The first-order valence-electron chi connectivity index (χ1n) is 8.91. The van der Waals surface area contributed by atoms with Crippen LogP contribution in [0.1, 0.15) is 30.0 Å². The minimum absolute atomic E-state index is 0.0456. The Hall–Kier alpha value is -2.18. The molecule has 3 rings (SSSR count). The molecule has 0 aliphatic carbocycles. The number of sulfonamides is 1. The van der Waals surface area contributed by atoms with E-state index in [0.717, 1.165) is 12.0 Å². The smallest absolute Gasteiger partial charge is 0.225 e. The lowest BCUT2D eigenvalue weighted by Gasteiger charge is -2.28. The van der Waals surface area contributed by atoms with E-state index in [2.05, 4.69) is 12.2 Å². The highest BCUT2D eigenvalue weighted by Crippen LogP contribution is 2.21. The molecule has 2 aromatic rings. The van der Waals surface area contributed by atoms with E-state index in [4.69, 9.17) is 0 Å². The van der Waals surface area contributed by atoms with E-state index < -0.39 is 10.0 Å². The maximum atomic E-state index is 12.6. The summed E-state index contributed by atoms with van der Waals surface area (Å²) in [4.78, 5) is 12.1. The third-order valence-corrected chi connectivity index (χ3v) is 6.54. The molecule has 0 radical (unpaired) electrons. The van der Waals surface area contributed by atoms with Gasteiger partial charge >= 0.3 is 0 Å². The van der Waals surface area contributed by atoms with Crippen molar-refractivity contribution in [3.63, 3.8) is 0 Å². The fourth-order valence-electron chi connectivity index (χ4n) is 3.11. The van der Waals surface area contributed by atoms with Crippen LogP contribution < -0.4 is 5.32 Å². The monoisotopic (exact) mass is 372 g/mol. The van der Waals surface area contributed by atoms with Crippen LogP contribution in [0.4, 0.5) is 5.69 Å². The van der Waals surface area contributed by atoms with Gasteiger partial charge in [0.1, 0.15) is 0 Å². The number of aryl methyl sites for hydroxylation is 1. The molecule has 0 spiro atoms. The van der Waals surface area contributed by atoms with Crippen molar-refractivity contribution >= 4 is 21.6 Å². The van der Waals surface area contributed by atoms with Gasteiger partial charge in [0.05, 0.1) is 5.75 Å². The van der Waals surface area contributed by atoms with Crippen LogP contribution in [0.5, 0.6) is 0 Å². The van der Waals surface area contributed by atoms with Gasteiger partial charge in [-0.05, 0) is 41.7 Å². The van der Waals surface area contributed by atoms with Gasteiger partial charge in [0.2, 0.25) is 15.9 Å².